The number of hydrogen-bond donors (Lipinski definition) is 1. The highest BCUT2D eigenvalue weighted by Gasteiger charge is 2.15. The van der Waals surface area contributed by atoms with Crippen molar-refractivity contribution < 1.29 is 13.2 Å². The molecule has 0 aliphatic carbocycles. The molecule has 0 aliphatic rings. The van der Waals surface area contributed by atoms with E-state index in [1.807, 2.05) is 42.5 Å². The highest BCUT2D eigenvalue weighted by molar-refractivity contribution is 7.90. The molecule has 1 N–H and O–H groups in total. The Morgan fingerprint density at radius 1 is 0.958 bits per heavy atom. The maximum atomic E-state index is 12.7. The molecule has 0 aliphatic heterocycles. The second-order valence-electron chi connectivity index (χ2n) is 5.73. The number of rotatable bonds is 3. The molecule has 0 unspecified atom stereocenters. The summed E-state index contributed by atoms with van der Waals surface area (Å²) in [5.41, 5.74) is 1.77. The predicted octanol–water partition coefficient (Wildman–Crippen LogP) is 3.80. The van der Waals surface area contributed by atoms with Crippen LogP contribution in [0.1, 0.15) is 15.9 Å². The van der Waals surface area contributed by atoms with E-state index in [0.717, 1.165) is 22.6 Å². The van der Waals surface area contributed by atoms with Gasteiger partial charge in [0.15, 0.2) is 9.84 Å². The summed E-state index contributed by atoms with van der Waals surface area (Å²) in [7, 11) is -3.36. The van der Waals surface area contributed by atoms with Crippen LogP contribution in [-0.2, 0) is 9.84 Å². The molecule has 122 valence electrons. The van der Waals surface area contributed by atoms with Gasteiger partial charge in [-0.25, -0.2) is 8.42 Å². The summed E-state index contributed by atoms with van der Waals surface area (Å²) in [5.74, 6) is -0.325. The Balaban J connectivity index is 2.01. The molecule has 0 heterocycles. The Hall–Kier alpha value is -2.66. The Morgan fingerprint density at radius 2 is 1.67 bits per heavy atom. The largest absolute Gasteiger partial charge is 0.321 e. The van der Waals surface area contributed by atoms with E-state index in [2.05, 4.69) is 5.32 Å². The van der Waals surface area contributed by atoms with Crippen molar-refractivity contribution in [1.82, 2.24) is 0 Å². The smallest absolute Gasteiger partial charge is 0.255 e. The van der Waals surface area contributed by atoms with Crippen molar-refractivity contribution in [1.29, 1.82) is 0 Å². The topological polar surface area (TPSA) is 63.2 Å². The van der Waals surface area contributed by atoms with E-state index >= 15 is 0 Å². The Labute approximate surface area is 141 Å². The average Bonchev–Trinajstić information content (AvgIpc) is 2.54. The molecule has 1 amide bonds. The van der Waals surface area contributed by atoms with E-state index in [9.17, 15) is 13.2 Å². The number of carbonyl (C=O) groups is 1. The zero-order chi connectivity index (χ0) is 17.3. The van der Waals surface area contributed by atoms with E-state index in [0.29, 0.717) is 11.3 Å². The lowest BCUT2D eigenvalue weighted by atomic mass is 10.1. The molecule has 24 heavy (non-hydrogen) atoms. The van der Waals surface area contributed by atoms with Gasteiger partial charge in [-0.05, 0) is 36.1 Å². The van der Waals surface area contributed by atoms with Crippen molar-refractivity contribution in [2.24, 2.45) is 0 Å². The number of aryl methyl sites for hydroxylation is 1. The minimum absolute atomic E-state index is 0.135. The van der Waals surface area contributed by atoms with Crippen molar-refractivity contribution in [2.45, 2.75) is 11.8 Å². The molecule has 0 saturated carbocycles. The third-order valence-electron chi connectivity index (χ3n) is 3.92. The monoisotopic (exact) mass is 339 g/mol. The molecule has 3 aromatic carbocycles. The molecule has 0 saturated heterocycles. The lowest BCUT2D eigenvalue weighted by Crippen LogP contribution is -2.14. The number of hydrogen-bond acceptors (Lipinski definition) is 3. The van der Waals surface area contributed by atoms with Crippen LogP contribution in [0.25, 0.3) is 10.8 Å². The van der Waals surface area contributed by atoms with E-state index in [-0.39, 0.29) is 10.8 Å². The molecular formula is C19H17NO3S. The number of sulfone groups is 1. The highest BCUT2D eigenvalue weighted by atomic mass is 32.2. The number of fused-ring (bicyclic) bond motifs is 1. The van der Waals surface area contributed by atoms with Crippen molar-refractivity contribution in [3.8, 4) is 0 Å². The summed E-state index contributed by atoms with van der Waals surface area (Å²) in [5, 5.41) is 4.85. The van der Waals surface area contributed by atoms with Gasteiger partial charge in [0.1, 0.15) is 0 Å². The van der Waals surface area contributed by atoms with Crippen molar-refractivity contribution in [3.05, 3.63) is 71.8 Å². The fourth-order valence-electron chi connectivity index (χ4n) is 2.60. The molecule has 0 atom stereocenters. The van der Waals surface area contributed by atoms with E-state index in [1.54, 1.807) is 13.0 Å². The van der Waals surface area contributed by atoms with Crippen LogP contribution in [0.15, 0.2) is 65.6 Å². The van der Waals surface area contributed by atoms with Crippen LogP contribution in [-0.4, -0.2) is 20.6 Å². The molecule has 0 aromatic heterocycles. The van der Waals surface area contributed by atoms with Crippen LogP contribution in [0.3, 0.4) is 0 Å². The van der Waals surface area contributed by atoms with Gasteiger partial charge in [0.2, 0.25) is 0 Å². The summed E-state index contributed by atoms with van der Waals surface area (Å²) in [6.07, 6.45) is 1.13. The summed E-state index contributed by atoms with van der Waals surface area (Å²) in [4.78, 5) is 12.8. The maximum Gasteiger partial charge on any atom is 0.255 e. The van der Waals surface area contributed by atoms with Crippen molar-refractivity contribution in [2.75, 3.05) is 11.6 Å². The maximum absolute atomic E-state index is 12.7. The Morgan fingerprint density at radius 3 is 2.42 bits per heavy atom. The number of carbonyl (C=O) groups excluding carboxylic acids is 1. The highest BCUT2D eigenvalue weighted by Crippen LogP contribution is 2.24. The molecule has 0 spiro atoms. The first kappa shape index (κ1) is 16.2. The Kier molecular flexibility index (Phi) is 4.11. The van der Waals surface area contributed by atoms with Gasteiger partial charge >= 0.3 is 0 Å². The second-order valence-corrected chi connectivity index (χ2v) is 7.75. The van der Waals surface area contributed by atoms with Crippen LogP contribution < -0.4 is 5.32 Å². The fraction of sp³-hybridized carbons (Fsp3) is 0.105. The van der Waals surface area contributed by atoms with Gasteiger partial charge in [0.25, 0.3) is 5.91 Å². The molecule has 0 fully saturated rings. The predicted molar refractivity (Wildman–Crippen MR) is 96.2 cm³/mol. The first-order chi connectivity index (χ1) is 11.4. The van der Waals surface area contributed by atoms with Gasteiger partial charge in [-0.3, -0.25) is 4.79 Å². The van der Waals surface area contributed by atoms with E-state index in [1.165, 1.54) is 12.1 Å². The van der Waals surface area contributed by atoms with Gasteiger partial charge in [-0.2, -0.15) is 0 Å². The number of nitrogens with one attached hydrogen (secondary N) is 1. The molecule has 3 aromatic rings. The van der Waals surface area contributed by atoms with E-state index < -0.39 is 9.84 Å². The molecular weight excluding hydrogens is 322 g/mol. The zero-order valence-electron chi connectivity index (χ0n) is 13.4. The van der Waals surface area contributed by atoms with Crippen molar-refractivity contribution >= 4 is 32.2 Å². The SMILES string of the molecule is Cc1ccc(S(C)(=O)=O)cc1C(=O)Nc1cccc2ccccc12. The van der Waals surface area contributed by atoms with Gasteiger partial charge in [0, 0.05) is 22.9 Å². The third-order valence-corrected chi connectivity index (χ3v) is 5.03. The zero-order valence-corrected chi connectivity index (χ0v) is 14.2. The third kappa shape index (κ3) is 3.16. The minimum atomic E-state index is -3.36. The van der Waals surface area contributed by atoms with Gasteiger partial charge in [0.05, 0.1) is 4.90 Å². The lowest BCUT2D eigenvalue weighted by molar-refractivity contribution is 0.102. The van der Waals surface area contributed by atoms with Gasteiger partial charge in [-0.1, -0.05) is 42.5 Å². The normalized spacial score (nSPS) is 11.4. The number of anilines is 1. The van der Waals surface area contributed by atoms with Gasteiger partial charge in [-0.15, -0.1) is 0 Å². The standard InChI is InChI=1S/C19H17NO3S/c1-13-10-11-15(24(2,22)23)12-17(13)19(21)20-18-9-5-7-14-6-3-4-8-16(14)18/h3-12H,1-2H3,(H,20,21). The molecule has 0 radical (unpaired) electrons. The van der Waals surface area contributed by atoms with Crippen LogP contribution in [0.5, 0.6) is 0 Å². The fourth-order valence-corrected chi connectivity index (χ4v) is 3.25. The van der Waals surface area contributed by atoms with Gasteiger partial charge < -0.3 is 5.32 Å². The van der Waals surface area contributed by atoms with Crippen LogP contribution in [0.4, 0.5) is 5.69 Å². The minimum Gasteiger partial charge on any atom is -0.321 e. The summed E-state index contributed by atoms with van der Waals surface area (Å²) in [6.45, 7) is 1.78. The summed E-state index contributed by atoms with van der Waals surface area (Å²) in [6, 6.07) is 18.0. The summed E-state index contributed by atoms with van der Waals surface area (Å²) < 4.78 is 23.4. The molecule has 0 bridgehead atoms. The van der Waals surface area contributed by atoms with E-state index in [4.69, 9.17) is 0 Å². The lowest BCUT2D eigenvalue weighted by Gasteiger charge is -2.11. The Bertz CT molecular complexity index is 1030. The number of amides is 1. The average molecular weight is 339 g/mol. The summed E-state index contributed by atoms with van der Waals surface area (Å²) >= 11 is 0. The van der Waals surface area contributed by atoms with Crippen LogP contribution in [0, 0.1) is 6.92 Å². The first-order valence-electron chi connectivity index (χ1n) is 7.46. The first-order valence-corrected chi connectivity index (χ1v) is 9.35. The quantitative estimate of drug-likeness (QED) is 0.789. The molecule has 4 nitrogen and oxygen atoms in total. The van der Waals surface area contributed by atoms with Crippen LogP contribution in [0.2, 0.25) is 0 Å². The van der Waals surface area contributed by atoms with Crippen LogP contribution >= 0.6 is 0 Å². The molecule has 3 rings (SSSR count). The number of benzene rings is 3. The second kappa shape index (κ2) is 6.09. The van der Waals surface area contributed by atoms with Crippen molar-refractivity contribution in [3.63, 3.8) is 0 Å². The molecule has 5 heteroatoms.